The lowest BCUT2D eigenvalue weighted by Crippen LogP contribution is -2.45. The van der Waals surface area contributed by atoms with Crippen molar-refractivity contribution in [3.05, 3.63) is 64.2 Å². The van der Waals surface area contributed by atoms with Crippen molar-refractivity contribution in [3.63, 3.8) is 0 Å². The molecule has 1 heterocycles. The minimum atomic E-state index is 0. The molecule has 3 nitrogen and oxygen atoms in total. The molecule has 0 unspecified atom stereocenters. The van der Waals surface area contributed by atoms with Crippen molar-refractivity contribution in [2.45, 2.75) is 13.3 Å². The fourth-order valence-electron chi connectivity index (χ4n) is 3.17. The lowest BCUT2D eigenvalue weighted by atomic mass is 10.0. The Morgan fingerprint density at radius 2 is 1.69 bits per heavy atom. The van der Waals surface area contributed by atoms with E-state index in [0.717, 1.165) is 56.5 Å². The second kappa shape index (κ2) is 10.2. The zero-order valence-corrected chi connectivity index (χ0v) is 17.2. The van der Waals surface area contributed by atoms with Crippen molar-refractivity contribution in [1.82, 2.24) is 9.80 Å². The van der Waals surface area contributed by atoms with Crippen LogP contribution in [0.3, 0.4) is 0 Å². The molecular formula is C21H28Cl2N2O. The normalized spacial score (nSPS) is 15.5. The van der Waals surface area contributed by atoms with Crippen molar-refractivity contribution in [2.24, 2.45) is 0 Å². The van der Waals surface area contributed by atoms with Gasteiger partial charge < -0.3 is 9.64 Å². The van der Waals surface area contributed by atoms with Crippen molar-refractivity contribution >= 4 is 24.0 Å². The molecule has 0 amide bonds. The van der Waals surface area contributed by atoms with Crippen molar-refractivity contribution in [3.8, 4) is 5.75 Å². The number of ether oxygens (including phenoxy) is 1. The maximum absolute atomic E-state index is 6.14. The minimum absolute atomic E-state index is 0. The number of aryl methyl sites for hydroxylation is 1. The molecule has 5 heteroatoms. The maximum atomic E-state index is 6.14. The van der Waals surface area contributed by atoms with Gasteiger partial charge in [-0.1, -0.05) is 41.4 Å². The summed E-state index contributed by atoms with van der Waals surface area (Å²) < 4.78 is 6.14. The largest absolute Gasteiger partial charge is 0.492 e. The fourth-order valence-corrected chi connectivity index (χ4v) is 3.29. The van der Waals surface area contributed by atoms with Gasteiger partial charge >= 0.3 is 0 Å². The van der Waals surface area contributed by atoms with Gasteiger partial charge in [0.2, 0.25) is 0 Å². The Morgan fingerprint density at radius 3 is 2.38 bits per heavy atom. The number of likely N-dealkylation sites (N-methyl/N-ethyl adjacent to an activating group) is 1. The highest BCUT2D eigenvalue weighted by Gasteiger charge is 2.13. The van der Waals surface area contributed by atoms with Crippen molar-refractivity contribution in [2.75, 3.05) is 46.4 Å². The molecule has 1 saturated heterocycles. The monoisotopic (exact) mass is 394 g/mol. The van der Waals surface area contributed by atoms with Gasteiger partial charge in [-0.3, -0.25) is 4.90 Å². The Bertz CT molecular complexity index is 683. The third-order valence-electron chi connectivity index (χ3n) is 4.78. The van der Waals surface area contributed by atoms with Gasteiger partial charge in [0.1, 0.15) is 12.4 Å². The topological polar surface area (TPSA) is 15.7 Å². The Hall–Kier alpha value is -1.26. The quantitative estimate of drug-likeness (QED) is 0.726. The summed E-state index contributed by atoms with van der Waals surface area (Å²) in [5.41, 5.74) is 3.75. The Kier molecular flexibility index (Phi) is 8.23. The highest BCUT2D eigenvalue weighted by Crippen LogP contribution is 2.24. The second-order valence-electron chi connectivity index (χ2n) is 6.91. The summed E-state index contributed by atoms with van der Waals surface area (Å²) in [6.45, 7) is 8.40. The zero-order valence-electron chi connectivity index (χ0n) is 15.6. The third-order valence-corrected chi connectivity index (χ3v) is 5.04. The van der Waals surface area contributed by atoms with E-state index >= 15 is 0 Å². The van der Waals surface area contributed by atoms with Crippen molar-refractivity contribution < 1.29 is 4.74 Å². The maximum Gasteiger partial charge on any atom is 0.122 e. The highest BCUT2D eigenvalue weighted by atomic mass is 35.5. The van der Waals surface area contributed by atoms with Crippen molar-refractivity contribution in [1.29, 1.82) is 0 Å². The molecule has 0 bridgehead atoms. The summed E-state index contributed by atoms with van der Waals surface area (Å²) in [6, 6.07) is 14.5. The number of hydrogen-bond acceptors (Lipinski definition) is 3. The van der Waals surface area contributed by atoms with Crippen LogP contribution in [0.5, 0.6) is 5.75 Å². The number of nitrogens with zero attached hydrogens (tertiary/aromatic N) is 2. The van der Waals surface area contributed by atoms with Crippen LogP contribution in [0.4, 0.5) is 0 Å². The predicted molar refractivity (Wildman–Crippen MR) is 112 cm³/mol. The molecule has 0 aromatic heterocycles. The number of benzene rings is 2. The molecule has 1 aliphatic heterocycles. The Labute approximate surface area is 168 Å². The first-order valence-electron chi connectivity index (χ1n) is 8.98. The zero-order chi connectivity index (χ0) is 17.6. The van der Waals surface area contributed by atoms with Crippen LogP contribution in [0.1, 0.15) is 16.7 Å². The first-order chi connectivity index (χ1) is 12.1. The molecule has 142 valence electrons. The average molecular weight is 395 g/mol. The summed E-state index contributed by atoms with van der Waals surface area (Å²) in [5.74, 6) is 0.995. The molecular weight excluding hydrogens is 367 g/mol. The second-order valence-corrected chi connectivity index (χ2v) is 7.34. The van der Waals surface area contributed by atoms with E-state index in [2.05, 4.69) is 54.1 Å². The predicted octanol–water partition coefficient (Wildman–Crippen LogP) is 4.29. The van der Waals surface area contributed by atoms with Gasteiger partial charge in [0, 0.05) is 44.2 Å². The van der Waals surface area contributed by atoms with E-state index in [1.165, 1.54) is 16.7 Å². The van der Waals surface area contributed by atoms with E-state index in [0.29, 0.717) is 0 Å². The van der Waals surface area contributed by atoms with Crippen LogP contribution < -0.4 is 4.74 Å². The van der Waals surface area contributed by atoms with Crippen LogP contribution in [0.25, 0.3) is 0 Å². The molecule has 0 saturated carbocycles. The summed E-state index contributed by atoms with van der Waals surface area (Å²) in [6.07, 6.45) is 0.864. The molecule has 3 rings (SSSR count). The molecule has 26 heavy (non-hydrogen) atoms. The molecule has 0 radical (unpaired) electrons. The summed E-state index contributed by atoms with van der Waals surface area (Å²) in [5, 5.41) is 0.775. The molecule has 1 fully saturated rings. The lowest BCUT2D eigenvalue weighted by molar-refractivity contribution is 0.133. The minimum Gasteiger partial charge on any atom is -0.492 e. The molecule has 0 N–H and O–H groups in total. The van der Waals surface area contributed by atoms with Gasteiger partial charge in [0.25, 0.3) is 0 Å². The van der Waals surface area contributed by atoms with E-state index in [-0.39, 0.29) is 12.4 Å². The summed E-state index contributed by atoms with van der Waals surface area (Å²) in [7, 11) is 2.18. The molecule has 2 aromatic carbocycles. The molecule has 1 aliphatic rings. The van der Waals surface area contributed by atoms with Gasteiger partial charge in [-0.25, -0.2) is 0 Å². The van der Waals surface area contributed by atoms with Crippen LogP contribution >= 0.6 is 24.0 Å². The van der Waals surface area contributed by atoms with E-state index in [4.69, 9.17) is 16.3 Å². The van der Waals surface area contributed by atoms with Gasteiger partial charge in [-0.15, -0.1) is 12.4 Å². The Balaban J connectivity index is 0.00000243. The molecule has 0 aliphatic carbocycles. The molecule has 0 spiro atoms. The van der Waals surface area contributed by atoms with Crippen LogP contribution in [-0.4, -0.2) is 56.2 Å². The fraction of sp³-hybridized carbons (Fsp3) is 0.429. The first-order valence-corrected chi connectivity index (χ1v) is 9.35. The van der Waals surface area contributed by atoms with E-state index in [9.17, 15) is 0 Å². The standard InChI is InChI=1S/C21H27ClN2O.ClH/c1-17-3-8-21(25-14-13-24-11-9-23(2)10-12-24)19(15-17)16-18-4-6-20(22)7-5-18;/h3-8,15H,9-14,16H2,1-2H3;1H. The van der Waals surface area contributed by atoms with E-state index in [1.807, 2.05) is 12.1 Å². The van der Waals surface area contributed by atoms with Crippen LogP contribution in [0, 0.1) is 6.92 Å². The number of rotatable bonds is 6. The van der Waals surface area contributed by atoms with Gasteiger partial charge in [0.05, 0.1) is 0 Å². The number of hydrogen-bond donors (Lipinski definition) is 0. The molecule has 0 atom stereocenters. The first kappa shape index (κ1) is 21.0. The van der Waals surface area contributed by atoms with Crippen LogP contribution in [0.15, 0.2) is 42.5 Å². The summed E-state index contributed by atoms with van der Waals surface area (Å²) in [4.78, 5) is 4.86. The lowest BCUT2D eigenvalue weighted by Gasteiger charge is -2.32. The van der Waals surface area contributed by atoms with E-state index in [1.54, 1.807) is 0 Å². The van der Waals surface area contributed by atoms with Crippen LogP contribution in [0.2, 0.25) is 5.02 Å². The third kappa shape index (κ3) is 6.17. The SMILES string of the molecule is Cc1ccc(OCCN2CCN(C)CC2)c(Cc2ccc(Cl)cc2)c1.Cl. The molecule has 2 aromatic rings. The smallest absolute Gasteiger partial charge is 0.122 e. The number of piperazine rings is 1. The van der Waals surface area contributed by atoms with Gasteiger partial charge in [0.15, 0.2) is 0 Å². The van der Waals surface area contributed by atoms with Gasteiger partial charge in [-0.05, 0) is 43.3 Å². The summed E-state index contributed by atoms with van der Waals surface area (Å²) >= 11 is 5.99. The van der Waals surface area contributed by atoms with E-state index < -0.39 is 0 Å². The Morgan fingerprint density at radius 1 is 1.00 bits per heavy atom. The van der Waals surface area contributed by atoms with Gasteiger partial charge in [-0.2, -0.15) is 0 Å². The average Bonchev–Trinajstić information content (AvgIpc) is 2.60. The highest BCUT2D eigenvalue weighted by molar-refractivity contribution is 6.30. The number of halogens is 2. The van der Waals surface area contributed by atoms with Crippen LogP contribution in [-0.2, 0) is 6.42 Å².